The van der Waals surface area contributed by atoms with Gasteiger partial charge in [-0.1, -0.05) is 130 Å². The van der Waals surface area contributed by atoms with E-state index >= 15 is 0 Å². The molecule has 0 aliphatic rings. The second-order valence-corrected chi connectivity index (χ2v) is 12.4. The first kappa shape index (κ1) is 29.1. The van der Waals surface area contributed by atoms with Crippen LogP contribution < -0.4 is 19.5 Å². The Balaban J connectivity index is 1.69. The Kier molecular flexibility index (Phi) is 8.17. The molecule has 6 rings (SSSR count). The molecule has 0 radical (unpaired) electrons. The van der Waals surface area contributed by atoms with Gasteiger partial charge in [-0.25, -0.2) is 0 Å². The molecule has 3 heteroatoms. The summed E-state index contributed by atoms with van der Waals surface area (Å²) in [6.45, 7) is 22.6. The van der Waals surface area contributed by atoms with Crippen molar-refractivity contribution in [2.75, 3.05) is 0 Å². The third-order valence-corrected chi connectivity index (χ3v) is 10.5. The Bertz CT molecular complexity index is 2430. The Hall–Kier alpha value is -4.96. The average Bonchev–Trinajstić information content (AvgIpc) is 3.72. The topological polar surface area (TPSA) is 15.8 Å². The van der Waals surface area contributed by atoms with Crippen LogP contribution in [0.4, 0.5) is 0 Å². The molecule has 0 unspecified atom stereocenters. The van der Waals surface area contributed by atoms with Gasteiger partial charge in [0.15, 0.2) is 0 Å². The van der Waals surface area contributed by atoms with Crippen molar-refractivity contribution in [1.82, 2.24) is 4.98 Å². The van der Waals surface area contributed by atoms with Crippen LogP contribution in [0.2, 0.25) is 0 Å². The van der Waals surface area contributed by atoms with Crippen molar-refractivity contribution in [3.63, 3.8) is 0 Å². The molecular formula is C41H33NS2. The lowest BCUT2D eigenvalue weighted by Crippen LogP contribution is -2.21. The fourth-order valence-corrected chi connectivity index (χ4v) is 8.57. The van der Waals surface area contributed by atoms with E-state index in [1.807, 2.05) is 30.4 Å². The van der Waals surface area contributed by atoms with Gasteiger partial charge in [0.25, 0.3) is 0 Å². The first-order valence-electron chi connectivity index (χ1n) is 14.5. The number of aromatic nitrogens is 1. The van der Waals surface area contributed by atoms with Gasteiger partial charge in [-0.15, -0.1) is 22.7 Å². The van der Waals surface area contributed by atoms with E-state index in [4.69, 9.17) is 0 Å². The van der Waals surface area contributed by atoms with Gasteiger partial charge >= 0.3 is 0 Å². The second kappa shape index (κ2) is 12.3. The zero-order valence-electron chi connectivity index (χ0n) is 24.8. The van der Waals surface area contributed by atoms with Crippen molar-refractivity contribution in [3.05, 3.63) is 165 Å². The van der Waals surface area contributed by atoms with Crippen molar-refractivity contribution in [3.8, 4) is 0 Å². The molecule has 0 saturated heterocycles. The van der Waals surface area contributed by atoms with Gasteiger partial charge in [0.2, 0.25) is 0 Å². The van der Waals surface area contributed by atoms with Crippen LogP contribution in [-0.2, 0) is 0 Å². The van der Waals surface area contributed by atoms with E-state index in [1.165, 1.54) is 25.4 Å². The molecule has 1 nitrogen and oxygen atoms in total. The summed E-state index contributed by atoms with van der Waals surface area (Å²) in [6.07, 6.45) is 18.0. The third-order valence-electron chi connectivity index (χ3n) is 7.89. The smallest absolute Gasteiger partial charge is 0.0465 e. The predicted octanol–water partition coefficient (Wildman–Crippen LogP) is 8.98. The lowest BCUT2D eigenvalue weighted by atomic mass is 9.98. The van der Waals surface area contributed by atoms with Gasteiger partial charge in [0.05, 0.1) is 0 Å². The maximum Gasteiger partial charge on any atom is 0.0465 e. The zero-order valence-corrected chi connectivity index (χ0v) is 26.5. The molecule has 0 aliphatic carbocycles. The molecule has 0 spiro atoms. The van der Waals surface area contributed by atoms with E-state index in [0.717, 1.165) is 58.7 Å². The standard InChI is InChI=1S/C41H33NS2/c1-7-16-30-28(11-5)40(43-38(30)12-6)32(18-9-3)34-21-15-20-33-31(17-8-2)39(44-41(33)34)27(10-4)26-23-24-37-35(25-26)29-19-13-14-22-36(29)42-37/h7-25,42H,1-5H2,6H3/b30-16-,31-17-,32-18-,38-12+,39-27-. The Labute approximate surface area is 265 Å². The number of allylic oxidation sites excluding steroid dienone is 5. The highest BCUT2D eigenvalue weighted by molar-refractivity contribution is 7.17. The SMILES string of the molecule is C=C/C=C(\c1sc(=C/C)/c(=C\C=C)c1C=C)c1cccc2c(=C/C=C)/c(=C(\C=C)c3ccc4[nH]c5ccccc5c4c3)sc12. The highest BCUT2D eigenvalue weighted by Crippen LogP contribution is 2.34. The van der Waals surface area contributed by atoms with Gasteiger partial charge in [-0.2, -0.15) is 0 Å². The molecule has 0 fully saturated rings. The number of hydrogen-bond donors (Lipinski definition) is 1. The molecule has 3 aromatic heterocycles. The molecule has 6 aromatic rings. The van der Waals surface area contributed by atoms with Crippen molar-refractivity contribution in [1.29, 1.82) is 0 Å². The second-order valence-electron chi connectivity index (χ2n) is 10.3. The number of para-hydroxylation sites is 1. The minimum atomic E-state index is 1.10. The summed E-state index contributed by atoms with van der Waals surface area (Å²) in [5, 5.41) is 5.89. The number of thiophene rings is 2. The first-order chi connectivity index (χ1) is 21.6. The largest absolute Gasteiger partial charge is 0.355 e. The Morgan fingerprint density at radius 2 is 1.50 bits per heavy atom. The number of nitrogens with one attached hydrogen (secondary N) is 1. The molecule has 0 atom stereocenters. The number of benzene rings is 3. The van der Waals surface area contributed by atoms with Gasteiger partial charge in [-0.3, -0.25) is 0 Å². The minimum absolute atomic E-state index is 1.10. The quantitative estimate of drug-likeness (QED) is 0.167. The van der Waals surface area contributed by atoms with Gasteiger partial charge < -0.3 is 4.98 Å². The van der Waals surface area contributed by atoms with E-state index < -0.39 is 0 Å². The number of fused-ring (bicyclic) bond motifs is 4. The van der Waals surface area contributed by atoms with Gasteiger partial charge in [0, 0.05) is 67.8 Å². The fourth-order valence-electron chi connectivity index (χ4n) is 5.98. The van der Waals surface area contributed by atoms with Gasteiger partial charge in [-0.05, 0) is 41.5 Å². The monoisotopic (exact) mass is 603 g/mol. The van der Waals surface area contributed by atoms with Crippen LogP contribution in [0, 0.1) is 0 Å². The van der Waals surface area contributed by atoms with Crippen LogP contribution in [0.3, 0.4) is 0 Å². The summed E-state index contributed by atoms with van der Waals surface area (Å²) in [5.41, 5.74) is 7.87. The van der Waals surface area contributed by atoms with Crippen LogP contribution in [0.25, 0.3) is 67.3 Å². The minimum Gasteiger partial charge on any atom is -0.355 e. The lowest BCUT2D eigenvalue weighted by Gasteiger charge is -2.09. The Morgan fingerprint density at radius 1 is 0.750 bits per heavy atom. The van der Waals surface area contributed by atoms with E-state index in [2.05, 4.69) is 130 Å². The van der Waals surface area contributed by atoms with Crippen molar-refractivity contribution in [2.45, 2.75) is 6.92 Å². The van der Waals surface area contributed by atoms with Crippen molar-refractivity contribution >= 4 is 90.0 Å². The number of H-pyrrole nitrogens is 1. The highest BCUT2D eigenvalue weighted by atomic mass is 32.1. The lowest BCUT2D eigenvalue weighted by molar-refractivity contribution is 1.54. The van der Waals surface area contributed by atoms with Crippen molar-refractivity contribution < 1.29 is 0 Å². The van der Waals surface area contributed by atoms with E-state index in [1.54, 1.807) is 22.7 Å². The summed E-state index contributed by atoms with van der Waals surface area (Å²) in [7, 11) is 0. The van der Waals surface area contributed by atoms with Gasteiger partial charge in [0.1, 0.15) is 0 Å². The summed E-state index contributed by atoms with van der Waals surface area (Å²) < 4.78 is 3.56. The van der Waals surface area contributed by atoms with E-state index in [0.29, 0.717) is 0 Å². The molecule has 0 amide bonds. The van der Waals surface area contributed by atoms with Crippen LogP contribution in [0.5, 0.6) is 0 Å². The average molecular weight is 604 g/mol. The molecule has 3 aromatic carbocycles. The van der Waals surface area contributed by atoms with Crippen LogP contribution in [-0.4, -0.2) is 4.98 Å². The molecule has 44 heavy (non-hydrogen) atoms. The van der Waals surface area contributed by atoms with Crippen LogP contribution in [0.1, 0.15) is 28.5 Å². The van der Waals surface area contributed by atoms with Crippen LogP contribution >= 0.6 is 22.7 Å². The molecule has 0 saturated carbocycles. The molecule has 0 aliphatic heterocycles. The summed E-state index contributed by atoms with van der Waals surface area (Å²) in [5.74, 6) is 0. The van der Waals surface area contributed by atoms with Crippen molar-refractivity contribution in [2.24, 2.45) is 0 Å². The number of hydrogen-bond acceptors (Lipinski definition) is 2. The Morgan fingerprint density at radius 3 is 2.23 bits per heavy atom. The summed E-state index contributed by atoms with van der Waals surface area (Å²) in [6, 6.07) is 21.6. The molecule has 3 heterocycles. The maximum atomic E-state index is 4.28. The van der Waals surface area contributed by atoms with E-state index in [-0.39, 0.29) is 0 Å². The molecular weight excluding hydrogens is 571 g/mol. The molecule has 1 N–H and O–H groups in total. The zero-order chi connectivity index (χ0) is 30.8. The van der Waals surface area contributed by atoms with E-state index in [9.17, 15) is 0 Å². The summed E-state index contributed by atoms with van der Waals surface area (Å²) >= 11 is 3.56. The molecule has 0 bridgehead atoms. The number of aromatic amines is 1. The number of rotatable bonds is 8. The molecule has 214 valence electrons. The third kappa shape index (κ3) is 4.81. The summed E-state index contributed by atoms with van der Waals surface area (Å²) in [4.78, 5) is 4.71. The highest BCUT2D eigenvalue weighted by Gasteiger charge is 2.18. The normalized spacial score (nSPS) is 14.0. The predicted molar refractivity (Wildman–Crippen MR) is 200 cm³/mol. The maximum absolute atomic E-state index is 4.28. The first-order valence-corrected chi connectivity index (χ1v) is 16.1. The fraction of sp³-hybridized carbons (Fsp3) is 0.0244. The van der Waals surface area contributed by atoms with Crippen LogP contribution in [0.15, 0.2) is 124 Å².